The summed E-state index contributed by atoms with van der Waals surface area (Å²) in [6, 6.07) is 16.8. The van der Waals surface area contributed by atoms with Crippen molar-refractivity contribution in [3.05, 3.63) is 82.9 Å². The van der Waals surface area contributed by atoms with E-state index in [0.29, 0.717) is 37.1 Å². The molecule has 0 aromatic heterocycles. The zero-order valence-corrected chi connectivity index (χ0v) is 26.0. The lowest BCUT2D eigenvalue weighted by molar-refractivity contribution is -0.141. The van der Waals surface area contributed by atoms with Crippen LogP contribution >= 0.6 is 0 Å². The Balaban J connectivity index is 1.37. The van der Waals surface area contributed by atoms with E-state index in [-0.39, 0.29) is 30.4 Å². The molecule has 1 aliphatic carbocycles. The molecule has 2 unspecified atom stereocenters. The van der Waals surface area contributed by atoms with Crippen LogP contribution in [0.25, 0.3) is 11.1 Å². The van der Waals surface area contributed by atoms with Crippen LogP contribution in [0.2, 0.25) is 0 Å². The Hall–Kier alpha value is -5.03. The summed E-state index contributed by atoms with van der Waals surface area (Å²) in [5, 5.41) is 26.9. The van der Waals surface area contributed by atoms with Crippen molar-refractivity contribution in [2.45, 2.75) is 58.4 Å². The first-order chi connectivity index (χ1) is 21.9. The number of anilines is 2. The molecular weight excluding hydrogens is 588 g/mol. The number of carbonyl (C=O) groups excluding carboxylic acids is 3. The quantitative estimate of drug-likeness (QED) is 0.111. The van der Waals surface area contributed by atoms with Crippen LogP contribution in [-0.2, 0) is 32.0 Å². The number of carboxylic acids is 2. The molecule has 0 saturated carbocycles. The van der Waals surface area contributed by atoms with E-state index >= 15 is 0 Å². The van der Waals surface area contributed by atoms with Crippen molar-refractivity contribution < 1.29 is 34.2 Å². The highest BCUT2D eigenvalue weighted by Gasteiger charge is 2.28. The van der Waals surface area contributed by atoms with Crippen LogP contribution in [0.5, 0.6) is 0 Å². The van der Waals surface area contributed by atoms with Gasteiger partial charge >= 0.3 is 11.9 Å². The van der Waals surface area contributed by atoms with E-state index in [1.54, 1.807) is 0 Å². The van der Waals surface area contributed by atoms with Crippen LogP contribution in [0.1, 0.15) is 66.6 Å². The third-order valence-electron chi connectivity index (χ3n) is 7.96. The average Bonchev–Trinajstić information content (AvgIpc) is 3.36. The van der Waals surface area contributed by atoms with Gasteiger partial charge in [-0.2, -0.15) is 0 Å². The van der Waals surface area contributed by atoms with Gasteiger partial charge in [0.2, 0.25) is 17.7 Å². The van der Waals surface area contributed by atoms with Crippen molar-refractivity contribution in [2.75, 3.05) is 17.2 Å². The van der Waals surface area contributed by atoms with E-state index in [1.807, 2.05) is 38.1 Å². The van der Waals surface area contributed by atoms with Crippen LogP contribution in [0.15, 0.2) is 60.7 Å². The zero-order chi connectivity index (χ0) is 33.4. The van der Waals surface area contributed by atoms with Gasteiger partial charge in [-0.15, -0.1) is 0 Å². The molecule has 4 rings (SSSR count). The first kappa shape index (κ1) is 33.9. The summed E-state index contributed by atoms with van der Waals surface area (Å²) >= 11 is 0. The van der Waals surface area contributed by atoms with Crippen molar-refractivity contribution >= 4 is 41.0 Å². The Kier molecular flexibility index (Phi) is 11.3. The van der Waals surface area contributed by atoms with E-state index in [1.165, 1.54) is 24.3 Å². The van der Waals surface area contributed by atoms with Gasteiger partial charge in [0.25, 0.3) is 0 Å². The maximum absolute atomic E-state index is 13.3. The van der Waals surface area contributed by atoms with Crippen molar-refractivity contribution in [1.82, 2.24) is 5.32 Å². The fourth-order valence-electron chi connectivity index (χ4n) is 5.72. The van der Waals surface area contributed by atoms with Gasteiger partial charge in [-0.1, -0.05) is 38.1 Å². The number of aryl methyl sites for hydroxylation is 1. The number of rotatable bonds is 15. The molecule has 11 heteroatoms. The summed E-state index contributed by atoms with van der Waals surface area (Å²) in [6.07, 6.45) is 2.24. The molecule has 0 saturated heterocycles. The Morgan fingerprint density at radius 3 is 2.11 bits per heavy atom. The normalized spacial score (nSPS) is 12.9. The minimum Gasteiger partial charge on any atom is -0.481 e. The average molecular weight is 629 g/mol. The second kappa shape index (κ2) is 15.3. The molecule has 11 nitrogen and oxygen atoms in total. The highest BCUT2D eigenvalue weighted by molar-refractivity contribution is 5.98. The fourth-order valence-corrected chi connectivity index (χ4v) is 5.72. The van der Waals surface area contributed by atoms with E-state index in [0.717, 1.165) is 34.2 Å². The van der Waals surface area contributed by atoms with Crippen LogP contribution in [0.4, 0.5) is 11.4 Å². The number of aromatic carboxylic acids is 1. The summed E-state index contributed by atoms with van der Waals surface area (Å²) in [5.74, 6) is -4.16. The van der Waals surface area contributed by atoms with Gasteiger partial charge in [-0.05, 0) is 102 Å². The SMILES string of the molecule is CC(C)CC(NC(=O)C(CCCc1ccc2c(c1)Cc1cc(NC(=O)CN)ccc1-2)CC(=O)O)C(=O)Nc1ccc(C(=O)O)cc1. The monoisotopic (exact) mass is 628 g/mol. The molecule has 0 spiro atoms. The summed E-state index contributed by atoms with van der Waals surface area (Å²) in [7, 11) is 0. The lowest BCUT2D eigenvalue weighted by atomic mass is 9.93. The number of carbonyl (C=O) groups is 5. The lowest BCUT2D eigenvalue weighted by Crippen LogP contribution is -2.47. The van der Waals surface area contributed by atoms with E-state index in [2.05, 4.69) is 28.1 Å². The number of carboxylic acid groups (broad SMARTS) is 2. The number of hydrogen-bond donors (Lipinski definition) is 6. The minimum atomic E-state index is -1.10. The maximum Gasteiger partial charge on any atom is 0.335 e. The molecule has 242 valence electrons. The van der Waals surface area contributed by atoms with Gasteiger partial charge in [0, 0.05) is 17.3 Å². The third kappa shape index (κ3) is 9.01. The highest BCUT2D eigenvalue weighted by atomic mass is 16.4. The fraction of sp³-hybridized carbons (Fsp3) is 0.343. The molecule has 7 N–H and O–H groups in total. The maximum atomic E-state index is 13.3. The van der Waals surface area contributed by atoms with Gasteiger partial charge < -0.3 is 31.9 Å². The highest BCUT2D eigenvalue weighted by Crippen LogP contribution is 2.38. The molecule has 0 heterocycles. The van der Waals surface area contributed by atoms with Crippen LogP contribution in [0.3, 0.4) is 0 Å². The predicted molar refractivity (Wildman–Crippen MR) is 174 cm³/mol. The van der Waals surface area contributed by atoms with Crippen molar-refractivity contribution in [3.63, 3.8) is 0 Å². The number of amides is 3. The van der Waals surface area contributed by atoms with Crippen LogP contribution in [0, 0.1) is 11.8 Å². The van der Waals surface area contributed by atoms with Gasteiger partial charge in [-0.25, -0.2) is 4.79 Å². The molecule has 0 fully saturated rings. The van der Waals surface area contributed by atoms with Crippen LogP contribution in [-0.4, -0.2) is 52.5 Å². The van der Waals surface area contributed by atoms with Gasteiger partial charge in [-0.3, -0.25) is 19.2 Å². The molecule has 46 heavy (non-hydrogen) atoms. The van der Waals surface area contributed by atoms with Gasteiger partial charge in [0.15, 0.2) is 0 Å². The first-order valence-corrected chi connectivity index (χ1v) is 15.3. The number of benzene rings is 3. The first-order valence-electron chi connectivity index (χ1n) is 15.3. The minimum absolute atomic E-state index is 0.0607. The Labute approximate surface area is 267 Å². The van der Waals surface area contributed by atoms with Crippen molar-refractivity contribution in [2.24, 2.45) is 17.6 Å². The number of aliphatic carboxylic acids is 1. The van der Waals surface area contributed by atoms with Gasteiger partial charge in [0.1, 0.15) is 6.04 Å². The Bertz CT molecular complexity index is 1620. The molecule has 3 aromatic rings. The molecular formula is C35H40N4O7. The lowest BCUT2D eigenvalue weighted by Gasteiger charge is -2.23. The topological polar surface area (TPSA) is 188 Å². The van der Waals surface area contributed by atoms with Crippen LogP contribution < -0.4 is 21.7 Å². The number of hydrogen-bond acceptors (Lipinski definition) is 6. The summed E-state index contributed by atoms with van der Waals surface area (Å²) in [4.78, 5) is 60.9. The smallest absolute Gasteiger partial charge is 0.335 e. The molecule has 3 aromatic carbocycles. The molecule has 2 atom stereocenters. The molecule has 0 radical (unpaired) electrons. The van der Waals surface area contributed by atoms with Crippen molar-refractivity contribution in [3.8, 4) is 11.1 Å². The standard InChI is InChI=1S/C35H40N4O7/c1-20(2)14-30(34(44)38-26-9-7-22(8-10-26)35(45)46)39-33(43)23(18-32(41)42)5-3-4-21-6-12-28-24(15-21)16-25-17-27(11-13-29(25)28)37-31(40)19-36/h6-13,15,17,20,23,30H,3-5,14,16,18-19,36H2,1-2H3,(H,37,40)(H,38,44)(H,39,43)(H,41,42)(H,45,46). The van der Waals surface area contributed by atoms with E-state index in [9.17, 15) is 29.1 Å². The molecule has 3 amide bonds. The molecule has 0 bridgehead atoms. The number of fused-ring (bicyclic) bond motifs is 3. The van der Waals surface area contributed by atoms with E-state index < -0.39 is 35.7 Å². The Morgan fingerprint density at radius 1 is 0.826 bits per heavy atom. The summed E-state index contributed by atoms with van der Waals surface area (Å²) < 4.78 is 0. The zero-order valence-electron chi connectivity index (χ0n) is 26.0. The van der Waals surface area contributed by atoms with Crippen molar-refractivity contribution in [1.29, 1.82) is 0 Å². The largest absolute Gasteiger partial charge is 0.481 e. The molecule has 1 aliphatic rings. The number of nitrogens with one attached hydrogen (secondary N) is 3. The predicted octanol–water partition coefficient (Wildman–Crippen LogP) is 4.44. The van der Waals surface area contributed by atoms with E-state index in [4.69, 9.17) is 10.8 Å². The summed E-state index contributed by atoms with van der Waals surface area (Å²) in [5.41, 5.74) is 12.2. The molecule has 0 aliphatic heterocycles. The summed E-state index contributed by atoms with van der Waals surface area (Å²) in [6.45, 7) is 3.74. The van der Waals surface area contributed by atoms with Gasteiger partial charge in [0.05, 0.1) is 18.5 Å². The second-order valence-electron chi connectivity index (χ2n) is 12.0. The second-order valence-corrected chi connectivity index (χ2v) is 12.0. The number of nitrogens with two attached hydrogens (primary N) is 1. The third-order valence-corrected chi connectivity index (χ3v) is 7.96. The Morgan fingerprint density at radius 2 is 1.48 bits per heavy atom.